The van der Waals surface area contributed by atoms with Crippen LogP contribution in [0.3, 0.4) is 0 Å². The minimum absolute atomic E-state index is 0.00524. The molecule has 1 fully saturated rings. The third kappa shape index (κ3) is 8.44. The largest absolute Gasteiger partial charge is 0.497 e. The maximum atomic E-state index is 13.8. The molecule has 1 aliphatic heterocycles. The lowest BCUT2D eigenvalue weighted by atomic mass is 9.83. The summed E-state index contributed by atoms with van der Waals surface area (Å²) < 4.78 is 5.24. The molecule has 0 bridgehead atoms. The SMILES string of the molecule is CN[C@@H](C)C(=O)N[C@H](C(=O)NCC(=O)N1C=CN(Cc2ccc(OC)cc2)C(=O)[C@@H]1Cc1ccccc1)C1CCCCC1. The van der Waals surface area contributed by atoms with Gasteiger partial charge in [0.25, 0.3) is 0 Å². The highest BCUT2D eigenvalue weighted by atomic mass is 16.5. The zero-order valence-corrected chi connectivity index (χ0v) is 25.3. The maximum absolute atomic E-state index is 13.8. The van der Waals surface area contributed by atoms with Gasteiger partial charge in [-0.15, -0.1) is 0 Å². The van der Waals surface area contributed by atoms with Gasteiger partial charge in [0.1, 0.15) is 17.8 Å². The molecule has 3 atom stereocenters. The van der Waals surface area contributed by atoms with E-state index in [1.165, 1.54) is 4.90 Å². The molecule has 0 unspecified atom stereocenters. The van der Waals surface area contributed by atoms with Gasteiger partial charge in [-0.05, 0) is 56.0 Å². The number of nitrogens with zero attached hydrogens (tertiary/aromatic N) is 2. The van der Waals surface area contributed by atoms with E-state index in [4.69, 9.17) is 4.74 Å². The maximum Gasteiger partial charge on any atom is 0.250 e. The molecule has 3 N–H and O–H groups in total. The zero-order valence-electron chi connectivity index (χ0n) is 25.3. The molecule has 1 saturated carbocycles. The Morgan fingerprint density at radius 1 is 0.930 bits per heavy atom. The summed E-state index contributed by atoms with van der Waals surface area (Å²) in [5.41, 5.74) is 1.84. The Bertz CT molecular complexity index is 1280. The number of amides is 4. The summed E-state index contributed by atoms with van der Waals surface area (Å²) in [7, 11) is 3.29. The highest BCUT2D eigenvalue weighted by Gasteiger charge is 2.36. The fourth-order valence-corrected chi connectivity index (χ4v) is 5.62. The number of benzene rings is 2. The molecular formula is C33H43N5O5. The van der Waals surface area contributed by atoms with Gasteiger partial charge in [-0.2, -0.15) is 0 Å². The number of carbonyl (C=O) groups is 4. The number of ether oxygens (including phenoxy) is 1. The molecule has 4 rings (SSSR count). The molecule has 2 aromatic rings. The van der Waals surface area contributed by atoms with Crippen molar-refractivity contribution in [3.63, 3.8) is 0 Å². The Kier molecular flexibility index (Phi) is 11.3. The lowest BCUT2D eigenvalue weighted by Crippen LogP contribution is -2.57. The van der Waals surface area contributed by atoms with Crippen molar-refractivity contribution < 1.29 is 23.9 Å². The second-order valence-corrected chi connectivity index (χ2v) is 11.2. The molecule has 230 valence electrons. The molecule has 0 spiro atoms. The van der Waals surface area contributed by atoms with E-state index < -0.39 is 24.0 Å². The molecule has 1 heterocycles. The van der Waals surface area contributed by atoms with E-state index >= 15 is 0 Å². The van der Waals surface area contributed by atoms with E-state index in [1.54, 1.807) is 38.4 Å². The third-order valence-electron chi connectivity index (χ3n) is 8.32. The van der Waals surface area contributed by atoms with Crippen LogP contribution in [0, 0.1) is 5.92 Å². The predicted molar refractivity (Wildman–Crippen MR) is 164 cm³/mol. The molecule has 2 aromatic carbocycles. The molecule has 2 aliphatic rings. The second-order valence-electron chi connectivity index (χ2n) is 11.2. The average Bonchev–Trinajstić information content (AvgIpc) is 3.04. The van der Waals surface area contributed by atoms with Crippen molar-refractivity contribution in [1.29, 1.82) is 0 Å². The van der Waals surface area contributed by atoms with Crippen LogP contribution >= 0.6 is 0 Å². The van der Waals surface area contributed by atoms with Gasteiger partial charge in [0, 0.05) is 18.8 Å². The summed E-state index contributed by atoms with van der Waals surface area (Å²) in [6.07, 6.45) is 8.34. The quantitative estimate of drug-likeness (QED) is 0.350. The van der Waals surface area contributed by atoms with Crippen LogP contribution in [0.4, 0.5) is 0 Å². The first-order valence-corrected chi connectivity index (χ1v) is 15.0. The molecule has 0 aromatic heterocycles. The number of methoxy groups -OCH3 is 1. The van der Waals surface area contributed by atoms with Crippen LogP contribution in [0.2, 0.25) is 0 Å². The second kappa shape index (κ2) is 15.3. The lowest BCUT2D eigenvalue weighted by molar-refractivity contribution is -0.144. The number of nitrogens with one attached hydrogen (secondary N) is 3. The molecule has 10 nitrogen and oxygen atoms in total. The highest BCUT2D eigenvalue weighted by molar-refractivity contribution is 5.94. The molecule has 43 heavy (non-hydrogen) atoms. The van der Waals surface area contributed by atoms with E-state index in [0.29, 0.717) is 13.0 Å². The lowest BCUT2D eigenvalue weighted by Gasteiger charge is -2.36. The number of carbonyl (C=O) groups excluding carboxylic acids is 4. The highest BCUT2D eigenvalue weighted by Crippen LogP contribution is 2.27. The van der Waals surface area contributed by atoms with Gasteiger partial charge in [0.15, 0.2) is 0 Å². The fourth-order valence-electron chi connectivity index (χ4n) is 5.62. The van der Waals surface area contributed by atoms with Crippen molar-refractivity contribution in [3.8, 4) is 5.75 Å². The van der Waals surface area contributed by atoms with Crippen LogP contribution in [0.15, 0.2) is 67.0 Å². The molecular weight excluding hydrogens is 546 g/mol. The van der Waals surface area contributed by atoms with Crippen molar-refractivity contribution in [2.24, 2.45) is 5.92 Å². The molecule has 0 radical (unpaired) electrons. The van der Waals surface area contributed by atoms with Crippen molar-refractivity contribution in [3.05, 3.63) is 78.1 Å². The first kappa shape index (κ1) is 31.7. The van der Waals surface area contributed by atoms with Gasteiger partial charge < -0.3 is 30.5 Å². The summed E-state index contributed by atoms with van der Waals surface area (Å²) in [5, 5.41) is 8.57. The predicted octanol–water partition coefficient (Wildman–Crippen LogP) is 2.74. The van der Waals surface area contributed by atoms with Crippen LogP contribution in [-0.2, 0) is 32.1 Å². The normalized spacial score (nSPS) is 18.6. The Morgan fingerprint density at radius 3 is 2.28 bits per heavy atom. The Labute approximate surface area is 253 Å². The summed E-state index contributed by atoms with van der Waals surface area (Å²) in [4.78, 5) is 56.4. The van der Waals surface area contributed by atoms with Crippen molar-refractivity contribution in [2.45, 2.75) is 70.1 Å². The standard InChI is InChI=1S/C33H43N5O5/c1-23(34-2)31(40)36-30(26-12-8-5-9-13-26)32(41)35-21-29(39)38-19-18-37(22-25-14-16-27(43-3)17-15-25)33(42)28(38)20-24-10-6-4-7-11-24/h4,6-7,10-11,14-19,23,26,28,30,34H,5,8-9,12-13,20-22H2,1-3H3,(H,35,41)(H,36,40)/t23-,28-,30-/m0/s1. The zero-order chi connectivity index (χ0) is 30.8. The van der Waals surface area contributed by atoms with E-state index in [2.05, 4.69) is 16.0 Å². The van der Waals surface area contributed by atoms with E-state index in [0.717, 1.165) is 49.0 Å². The number of hydrogen-bond acceptors (Lipinski definition) is 6. The molecule has 10 heteroatoms. The van der Waals surface area contributed by atoms with E-state index in [1.807, 2.05) is 54.6 Å². The van der Waals surface area contributed by atoms with Crippen LogP contribution in [-0.4, -0.2) is 72.3 Å². The van der Waals surface area contributed by atoms with Crippen LogP contribution in [0.1, 0.15) is 50.2 Å². The van der Waals surface area contributed by atoms with Gasteiger partial charge >= 0.3 is 0 Å². The van der Waals surface area contributed by atoms with Gasteiger partial charge in [-0.1, -0.05) is 61.7 Å². The topological polar surface area (TPSA) is 120 Å². The van der Waals surface area contributed by atoms with Crippen molar-refractivity contribution in [1.82, 2.24) is 25.8 Å². The van der Waals surface area contributed by atoms with Gasteiger partial charge in [0.05, 0.1) is 26.2 Å². The Balaban J connectivity index is 1.48. The van der Waals surface area contributed by atoms with E-state index in [9.17, 15) is 19.2 Å². The Morgan fingerprint density at radius 2 is 1.63 bits per heavy atom. The first-order chi connectivity index (χ1) is 20.8. The van der Waals surface area contributed by atoms with Crippen LogP contribution in [0.5, 0.6) is 5.75 Å². The molecule has 0 saturated heterocycles. The van der Waals surface area contributed by atoms with E-state index in [-0.39, 0.29) is 30.2 Å². The molecule has 1 aliphatic carbocycles. The summed E-state index contributed by atoms with van der Waals surface area (Å²) in [5.74, 6) is -0.526. The smallest absolute Gasteiger partial charge is 0.250 e. The first-order valence-electron chi connectivity index (χ1n) is 15.0. The third-order valence-corrected chi connectivity index (χ3v) is 8.32. The van der Waals surface area contributed by atoms with Crippen LogP contribution in [0.25, 0.3) is 0 Å². The Hall–Kier alpha value is -4.18. The van der Waals surface area contributed by atoms with Gasteiger partial charge in [0.2, 0.25) is 23.6 Å². The summed E-state index contributed by atoms with van der Waals surface area (Å²) >= 11 is 0. The minimum atomic E-state index is -0.777. The van der Waals surface area contributed by atoms with Crippen molar-refractivity contribution in [2.75, 3.05) is 20.7 Å². The number of rotatable bonds is 12. The minimum Gasteiger partial charge on any atom is -0.497 e. The summed E-state index contributed by atoms with van der Waals surface area (Å²) in [6.45, 7) is 1.79. The summed E-state index contributed by atoms with van der Waals surface area (Å²) in [6, 6.07) is 15.1. The number of likely N-dealkylation sites (N-methyl/N-ethyl adjacent to an activating group) is 1. The number of hydrogen-bond donors (Lipinski definition) is 3. The molecule has 4 amide bonds. The average molecular weight is 590 g/mol. The van der Waals surface area contributed by atoms with Crippen molar-refractivity contribution >= 4 is 23.6 Å². The van der Waals surface area contributed by atoms with Gasteiger partial charge in [-0.3, -0.25) is 19.2 Å². The van der Waals surface area contributed by atoms with Crippen LogP contribution < -0.4 is 20.7 Å². The fraction of sp³-hybridized carbons (Fsp3) is 0.455. The van der Waals surface area contributed by atoms with Gasteiger partial charge in [-0.25, -0.2) is 0 Å². The monoisotopic (exact) mass is 589 g/mol.